The highest BCUT2D eigenvalue weighted by molar-refractivity contribution is 5.95. The maximum absolute atomic E-state index is 15.0. The molecule has 1 saturated heterocycles. The van der Waals surface area contributed by atoms with Crippen LogP contribution in [0.1, 0.15) is 28.9 Å². The second kappa shape index (κ2) is 7.41. The Labute approximate surface area is 185 Å². The van der Waals surface area contributed by atoms with Gasteiger partial charge in [-0.3, -0.25) is 14.3 Å². The Morgan fingerprint density at radius 3 is 2.38 bits per heavy atom. The van der Waals surface area contributed by atoms with Crippen molar-refractivity contribution < 1.29 is 19.1 Å². The van der Waals surface area contributed by atoms with Gasteiger partial charge in [0, 0.05) is 49.7 Å². The fourth-order valence-electron chi connectivity index (χ4n) is 4.41. The average Bonchev–Trinajstić information content (AvgIpc) is 3.49. The van der Waals surface area contributed by atoms with Crippen molar-refractivity contribution in [2.75, 3.05) is 26.2 Å². The fraction of sp³-hybridized carbons (Fsp3) is 0.375. The maximum Gasteiger partial charge on any atom is 0.254 e. The molecule has 0 spiro atoms. The number of amides is 2. The van der Waals surface area contributed by atoms with E-state index in [2.05, 4.69) is 5.10 Å². The largest absolute Gasteiger partial charge is 0.380 e. The normalized spacial score (nSPS) is 17.6. The number of halogens is 1. The van der Waals surface area contributed by atoms with E-state index in [4.69, 9.17) is 0 Å². The summed E-state index contributed by atoms with van der Waals surface area (Å²) < 4.78 is 16.8. The number of piperazine rings is 1. The van der Waals surface area contributed by atoms with Crippen molar-refractivity contribution >= 4 is 22.7 Å². The van der Waals surface area contributed by atoms with Gasteiger partial charge in [-0.15, -0.1) is 0 Å². The Morgan fingerprint density at radius 1 is 1.03 bits per heavy atom. The molecule has 1 aromatic heterocycles. The van der Waals surface area contributed by atoms with Crippen LogP contribution in [0.2, 0.25) is 0 Å². The van der Waals surface area contributed by atoms with E-state index >= 15 is 4.39 Å². The van der Waals surface area contributed by atoms with Crippen LogP contribution in [0.25, 0.3) is 22.0 Å². The molecule has 32 heavy (non-hydrogen) atoms. The van der Waals surface area contributed by atoms with Gasteiger partial charge in [-0.2, -0.15) is 5.10 Å². The molecule has 7 nitrogen and oxygen atoms in total. The summed E-state index contributed by atoms with van der Waals surface area (Å²) in [5.41, 5.74) is 2.11. The predicted octanol–water partition coefficient (Wildman–Crippen LogP) is 2.50. The Hall–Kier alpha value is -3.26. The quantitative estimate of drug-likeness (QED) is 0.684. The van der Waals surface area contributed by atoms with Crippen LogP contribution in [0.4, 0.5) is 4.39 Å². The van der Waals surface area contributed by atoms with Crippen LogP contribution >= 0.6 is 0 Å². The number of aliphatic hydroxyl groups is 1. The van der Waals surface area contributed by atoms with Crippen molar-refractivity contribution in [3.05, 3.63) is 53.5 Å². The van der Waals surface area contributed by atoms with Crippen molar-refractivity contribution in [2.45, 2.75) is 25.4 Å². The predicted molar refractivity (Wildman–Crippen MR) is 118 cm³/mol. The minimum atomic E-state index is -1.19. The molecular weight excluding hydrogens is 411 g/mol. The fourth-order valence-corrected chi connectivity index (χ4v) is 4.41. The van der Waals surface area contributed by atoms with Gasteiger partial charge in [0.1, 0.15) is 11.4 Å². The van der Waals surface area contributed by atoms with Crippen LogP contribution < -0.4 is 0 Å². The molecular formula is C24H25FN4O3. The van der Waals surface area contributed by atoms with E-state index in [-0.39, 0.29) is 17.4 Å². The third kappa shape index (κ3) is 3.44. The number of aryl methyl sites for hydroxylation is 2. The first-order chi connectivity index (χ1) is 15.3. The van der Waals surface area contributed by atoms with E-state index in [0.29, 0.717) is 44.6 Å². The van der Waals surface area contributed by atoms with Gasteiger partial charge in [0.15, 0.2) is 0 Å². The molecule has 2 aromatic carbocycles. The molecule has 5 rings (SSSR count). The molecule has 0 unspecified atom stereocenters. The third-order valence-electron chi connectivity index (χ3n) is 6.54. The number of benzene rings is 2. The van der Waals surface area contributed by atoms with Crippen molar-refractivity contribution in [1.29, 1.82) is 0 Å². The first-order valence-electron chi connectivity index (χ1n) is 10.8. The number of carbonyl (C=O) groups excluding carboxylic acids is 2. The van der Waals surface area contributed by atoms with E-state index in [1.165, 1.54) is 6.07 Å². The van der Waals surface area contributed by atoms with Crippen LogP contribution in [-0.2, 0) is 11.8 Å². The van der Waals surface area contributed by atoms with Gasteiger partial charge >= 0.3 is 0 Å². The van der Waals surface area contributed by atoms with Gasteiger partial charge in [-0.25, -0.2) is 4.39 Å². The van der Waals surface area contributed by atoms with Crippen molar-refractivity contribution in [1.82, 2.24) is 19.6 Å². The van der Waals surface area contributed by atoms with Crippen molar-refractivity contribution in [3.63, 3.8) is 0 Å². The average molecular weight is 436 g/mol. The molecule has 2 fully saturated rings. The van der Waals surface area contributed by atoms with Gasteiger partial charge in [-0.05, 0) is 49.6 Å². The lowest BCUT2D eigenvalue weighted by molar-refractivity contribution is -0.143. The minimum Gasteiger partial charge on any atom is -0.380 e. The second-order valence-electron chi connectivity index (χ2n) is 8.75. The highest BCUT2D eigenvalue weighted by atomic mass is 19.1. The number of aromatic nitrogens is 2. The van der Waals surface area contributed by atoms with Crippen molar-refractivity contribution in [3.8, 4) is 11.1 Å². The molecule has 2 heterocycles. The van der Waals surface area contributed by atoms with Crippen LogP contribution in [0.15, 0.2) is 36.4 Å². The lowest BCUT2D eigenvalue weighted by Crippen LogP contribution is -2.53. The Morgan fingerprint density at radius 2 is 1.72 bits per heavy atom. The molecule has 1 aliphatic carbocycles. The standard InChI is InChI=1S/C24H25FN4O3/c1-15-19-13-16(4-6-21(19)27(2)26-15)18-5-3-17(14-20(18)25)22(30)28-9-11-29(12-10-28)23(31)24(32)7-8-24/h3-6,13-14,32H,7-12H2,1-2H3. The number of hydrogen-bond donors (Lipinski definition) is 1. The third-order valence-corrected chi connectivity index (χ3v) is 6.54. The summed E-state index contributed by atoms with van der Waals surface area (Å²) in [5, 5.41) is 15.4. The summed E-state index contributed by atoms with van der Waals surface area (Å²) in [4.78, 5) is 28.4. The molecule has 0 bridgehead atoms. The smallest absolute Gasteiger partial charge is 0.254 e. The SMILES string of the molecule is Cc1nn(C)c2ccc(-c3ccc(C(=O)N4CCN(C(=O)C5(O)CC5)CC4)cc3F)cc12. The van der Waals surface area contributed by atoms with Crippen LogP contribution in [0.3, 0.4) is 0 Å². The zero-order valence-corrected chi connectivity index (χ0v) is 18.1. The van der Waals surface area contributed by atoms with Crippen LogP contribution in [0.5, 0.6) is 0 Å². The van der Waals surface area contributed by atoms with Crippen LogP contribution in [0, 0.1) is 12.7 Å². The highest BCUT2D eigenvalue weighted by Gasteiger charge is 2.50. The lowest BCUT2D eigenvalue weighted by Gasteiger charge is -2.35. The van der Waals surface area contributed by atoms with Gasteiger partial charge < -0.3 is 14.9 Å². The van der Waals surface area contributed by atoms with Gasteiger partial charge in [0.2, 0.25) is 0 Å². The number of fused-ring (bicyclic) bond motifs is 1. The summed E-state index contributed by atoms with van der Waals surface area (Å²) in [5.74, 6) is -0.964. The molecule has 8 heteroatoms. The van der Waals surface area contributed by atoms with E-state index < -0.39 is 11.4 Å². The molecule has 1 aliphatic heterocycles. The minimum absolute atomic E-state index is 0.249. The Kier molecular flexibility index (Phi) is 4.78. The first kappa shape index (κ1) is 20.6. The van der Waals surface area contributed by atoms with Crippen LogP contribution in [-0.4, -0.2) is 68.3 Å². The first-order valence-corrected chi connectivity index (χ1v) is 10.8. The number of nitrogens with zero attached hydrogens (tertiary/aromatic N) is 4. The number of carbonyl (C=O) groups is 2. The molecule has 3 aromatic rings. The van der Waals surface area contributed by atoms with E-state index in [0.717, 1.165) is 22.2 Å². The van der Waals surface area contributed by atoms with Crippen molar-refractivity contribution in [2.24, 2.45) is 7.05 Å². The van der Waals surface area contributed by atoms with E-state index in [1.807, 2.05) is 32.2 Å². The topological polar surface area (TPSA) is 78.7 Å². The molecule has 1 saturated carbocycles. The maximum atomic E-state index is 15.0. The van der Waals surface area contributed by atoms with E-state index in [9.17, 15) is 14.7 Å². The lowest BCUT2D eigenvalue weighted by atomic mass is 10.0. The monoisotopic (exact) mass is 436 g/mol. The molecule has 2 aliphatic rings. The van der Waals surface area contributed by atoms with E-state index in [1.54, 1.807) is 26.6 Å². The zero-order chi connectivity index (χ0) is 22.6. The summed E-state index contributed by atoms with van der Waals surface area (Å²) in [7, 11) is 1.87. The highest BCUT2D eigenvalue weighted by Crippen LogP contribution is 2.37. The summed E-state index contributed by atoms with van der Waals surface area (Å²) in [6, 6.07) is 10.3. The van der Waals surface area contributed by atoms with Gasteiger partial charge in [0.05, 0.1) is 11.2 Å². The number of hydrogen-bond acceptors (Lipinski definition) is 4. The number of rotatable bonds is 3. The van der Waals surface area contributed by atoms with Gasteiger partial charge in [-0.1, -0.05) is 12.1 Å². The summed E-state index contributed by atoms with van der Waals surface area (Å²) in [6.07, 6.45) is 1.01. The van der Waals surface area contributed by atoms with Gasteiger partial charge in [0.25, 0.3) is 11.8 Å². The molecule has 0 atom stereocenters. The molecule has 0 radical (unpaired) electrons. The Balaban J connectivity index is 1.32. The summed E-state index contributed by atoms with van der Waals surface area (Å²) in [6.45, 7) is 3.39. The molecule has 1 N–H and O–H groups in total. The zero-order valence-electron chi connectivity index (χ0n) is 18.1. The Bertz CT molecular complexity index is 1240. The second-order valence-corrected chi connectivity index (χ2v) is 8.75. The molecule has 166 valence electrons. The molecule has 2 amide bonds. The summed E-state index contributed by atoms with van der Waals surface area (Å²) >= 11 is 0.